The highest BCUT2D eigenvalue weighted by molar-refractivity contribution is 5.95. The normalized spacial score (nSPS) is 32.9. The van der Waals surface area contributed by atoms with Crippen LogP contribution in [0.25, 0.3) is 0 Å². The van der Waals surface area contributed by atoms with E-state index in [2.05, 4.69) is 45.9 Å². The van der Waals surface area contributed by atoms with Crippen molar-refractivity contribution < 1.29 is 4.79 Å². The molecule has 4 saturated carbocycles. The molecule has 5 aliphatic rings. The van der Waals surface area contributed by atoms with E-state index in [1.54, 1.807) is 0 Å². The molecule has 0 saturated heterocycles. The number of pyridine rings is 1. The van der Waals surface area contributed by atoms with Crippen LogP contribution in [0.2, 0.25) is 0 Å². The van der Waals surface area contributed by atoms with Crippen molar-refractivity contribution in [2.45, 2.75) is 57.8 Å². The molecular weight excluding hydrogens is 382 g/mol. The molecule has 2 N–H and O–H groups in total. The van der Waals surface area contributed by atoms with Gasteiger partial charge in [-0.2, -0.15) is 0 Å². The van der Waals surface area contributed by atoms with Crippen LogP contribution in [0.5, 0.6) is 0 Å². The summed E-state index contributed by atoms with van der Waals surface area (Å²) in [5, 5.41) is 6.86. The van der Waals surface area contributed by atoms with E-state index in [1.165, 1.54) is 44.1 Å². The highest BCUT2D eigenvalue weighted by atomic mass is 16.1. The molecule has 1 amide bonds. The van der Waals surface area contributed by atoms with Gasteiger partial charge in [0.15, 0.2) is 0 Å². The summed E-state index contributed by atoms with van der Waals surface area (Å²) in [6.45, 7) is 0.922. The number of nitrogens with one attached hydrogen (secondary N) is 2. The third-order valence-corrected chi connectivity index (χ3v) is 8.42. The summed E-state index contributed by atoms with van der Waals surface area (Å²) >= 11 is 0. The number of carbonyl (C=O) groups is 1. The molecule has 31 heavy (non-hydrogen) atoms. The van der Waals surface area contributed by atoms with E-state index in [4.69, 9.17) is 0 Å². The van der Waals surface area contributed by atoms with Gasteiger partial charge >= 0.3 is 0 Å². The first kappa shape index (κ1) is 19.3. The summed E-state index contributed by atoms with van der Waals surface area (Å²) in [7, 11) is 0. The lowest BCUT2D eigenvalue weighted by Gasteiger charge is -2.56. The van der Waals surface area contributed by atoms with Gasteiger partial charge in [-0.25, -0.2) is 0 Å². The predicted octanol–water partition coefficient (Wildman–Crippen LogP) is 5.45. The lowest BCUT2D eigenvalue weighted by molar-refractivity contribution is -0.124. The van der Waals surface area contributed by atoms with Crippen molar-refractivity contribution in [2.75, 3.05) is 17.2 Å². The van der Waals surface area contributed by atoms with Crippen LogP contribution < -0.4 is 10.6 Å². The van der Waals surface area contributed by atoms with Crippen molar-refractivity contribution in [1.29, 1.82) is 0 Å². The molecule has 4 bridgehead atoms. The molecule has 1 aromatic heterocycles. The molecule has 0 spiro atoms. The van der Waals surface area contributed by atoms with Gasteiger partial charge in [0.1, 0.15) is 0 Å². The Morgan fingerprint density at radius 2 is 1.74 bits per heavy atom. The van der Waals surface area contributed by atoms with Crippen LogP contribution in [0.15, 0.2) is 42.6 Å². The number of rotatable bonds is 5. The number of aromatic nitrogens is 1. The molecule has 0 radical (unpaired) electrons. The van der Waals surface area contributed by atoms with Gasteiger partial charge < -0.3 is 10.6 Å². The van der Waals surface area contributed by atoms with Crippen LogP contribution in [0.1, 0.15) is 56.2 Å². The third-order valence-electron chi connectivity index (χ3n) is 8.42. The Bertz CT molecular complexity index is 934. The fourth-order valence-corrected chi connectivity index (χ4v) is 7.69. The summed E-state index contributed by atoms with van der Waals surface area (Å²) in [4.78, 5) is 17.8. The van der Waals surface area contributed by atoms with Gasteiger partial charge in [0.2, 0.25) is 5.91 Å². The minimum atomic E-state index is 0.198. The number of hydrogen-bond acceptors (Lipinski definition) is 3. The Morgan fingerprint density at radius 1 is 1.03 bits per heavy atom. The second-order valence-corrected chi connectivity index (χ2v) is 11.0. The summed E-state index contributed by atoms with van der Waals surface area (Å²) in [6, 6.07) is 12.6. The van der Waals surface area contributed by atoms with Crippen LogP contribution in [0.3, 0.4) is 0 Å². The fourth-order valence-electron chi connectivity index (χ4n) is 7.69. The number of nitrogens with zero attached hydrogens (tertiary/aromatic N) is 1. The first-order valence-corrected chi connectivity index (χ1v) is 12.2. The average molecular weight is 416 g/mol. The SMILES string of the molecule is O=C(CC12CC3CC(CC(C3)C1)C2)Nc1ccnc2c1NCC(Cc1ccccc1)C2. The lowest BCUT2D eigenvalue weighted by atomic mass is 9.49. The van der Waals surface area contributed by atoms with Gasteiger partial charge in [0.05, 0.1) is 17.1 Å². The monoisotopic (exact) mass is 415 g/mol. The second-order valence-electron chi connectivity index (χ2n) is 11.0. The zero-order chi connectivity index (χ0) is 20.8. The van der Waals surface area contributed by atoms with E-state index in [0.29, 0.717) is 12.3 Å². The van der Waals surface area contributed by atoms with Crippen molar-refractivity contribution in [1.82, 2.24) is 4.98 Å². The van der Waals surface area contributed by atoms with Gasteiger partial charge in [-0.3, -0.25) is 9.78 Å². The molecule has 2 aromatic rings. The minimum Gasteiger partial charge on any atom is -0.382 e. The highest BCUT2D eigenvalue weighted by Crippen LogP contribution is 2.61. The molecule has 1 unspecified atom stereocenters. The van der Waals surface area contributed by atoms with E-state index in [1.807, 2.05) is 12.3 Å². The maximum Gasteiger partial charge on any atom is 0.224 e. The molecule has 4 heteroatoms. The number of fused-ring (bicyclic) bond motifs is 1. The van der Waals surface area contributed by atoms with Crippen LogP contribution in [-0.2, 0) is 17.6 Å². The average Bonchev–Trinajstić information content (AvgIpc) is 2.73. The summed E-state index contributed by atoms with van der Waals surface area (Å²) in [6.07, 6.45) is 12.7. The van der Waals surface area contributed by atoms with Gasteiger partial charge in [0, 0.05) is 19.2 Å². The smallest absolute Gasteiger partial charge is 0.224 e. The minimum absolute atomic E-state index is 0.198. The molecule has 2 heterocycles. The summed E-state index contributed by atoms with van der Waals surface area (Å²) in [5.41, 5.74) is 4.68. The zero-order valence-corrected chi connectivity index (χ0v) is 18.3. The van der Waals surface area contributed by atoms with Gasteiger partial charge in [-0.05, 0) is 92.1 Å². The molecule has 4 nitrogen and oxygen atoms in total. The Balaban J connectivity index is 1.13. The second kappa shape index (κ2) is 7.65. The lowest BCUT2D eigenvalue weighted by Crippen LogP contribution is -2.47. The first-order valence-electron chi connectivity index (χ1n) is 12.2. The number of hydrogen-bond donors (Lipinski definition) is 2. The van der Waals surface area contributed by atoms with Crippen LogP contribution >= 0.6 is 0 Å². The van der Waals surface area contributed by atoms with Crippen LogP contribution in [0, 0.1) is 29.1 Å². The van der Waals surface area contributed by atoms with E-state index in [9.17, 15) is 4.79 Å². The molecule has 4 fully saturated rings. The molecule has 4 aliphatic carbocycles. The molecule has 1 aliphatic heterocycles. The summed E-state index contributed by atoms with van der Waals surface area (Å²) < 4.78 is 0. The number of carbonyl (C=O) groups excluding carboxylic acids is 1. The van der Waals surface area contributed by atoms with Gasteiger partial charge in [-0.15, -0.1) is 0 Å². The topological polar surface area (TPSA) is 54.0 Å². The van der Waals surface area contributed by atoms with E-state index < -0.39 is 0 Å². The zero-order valence-electron chi connectivity index (χ0n) is 18.3. The van der Waals surface area contributed by atoms with E-state index in [-0.39, 0.29) is 11.3 Å². The molecule has 162 valence electrons. The maximum atomic E-state index is 13.1. The highest BCUT2D eigenvalue weighted by Gasteiger charge is 2.51. The van der Waals surface area contributed by atoms with Crippen molar-refractivity contribution in [3.63, 3.8) is 0 Å². The van der Waals surface area contributed by atoms with Crippen LogP contribution in [-0.4, -0.2) is 17.4 Å². The third kappa shape index (κ3) is 3.86. The molecule has 1 aromatic carbocycles. The van der Waals surface area contributed by atoms with Crippen molar-refractivity contribution in [3.05, 3.63) is 53.9 Å². The van der Waals surface area contributed by atoms with E-state index >= 15 is 0 Å². The van der Waals surface area contributed by atoms with Gasteiger partial charge in [0.25, 0.3) is 0 Å². The van der Waals surface area contributed by atoms with Crippen LogP contribution in [0.4, 0.5) is 11.4 Å². The largest absolute Gasteiger partial charge is 0.382 e. The van der Waals surface area contributed by atoms with Crippen molar-refractivity contribution in [3.8, 4) is 0 Å². The first-order chi connectivity index (χ1) is 15.1. The quantitative estimate of drug-likeness (QED) is 0.682. The standard InChI is InChI=1S/C27H33N3O/c31-25(16-27-13-19-9-20(14-27)11-21(10-19)15-27)30-23-6-7-28-24-12-22(17-29-26(23)24)8-18-4-2-1-3-5-18/h1-7,19-22,29H,8-17H2,(H,28,30,31). The summed E-state index contributed by atoms with van der Waals surface area (Å²) in [5.74, 6) is 3.38. The van der Waals surface area contributed by atoms with Crippen molar-refractivity contribution >= 4 is 17.3 Å². The Morgan fingerprint density at radius 3 is 2.45 bits per heavy atom. The Labute approximate surface area is 185 Å². The number of anilines is 2. The molecule has 1 atom stereocenters. The van der Waals surface area contributed by atoms with Gasteiger partial charge in [-0.1, -0.05) is 30.3 Å². The predicted molar refractivity (Wildman–Crippen MR) is 124 cm³/mol. The molecule has 7 rings (SSSR count). The Kier molecular flexibility index (Phi) is 4.77. The number of amides is 1. The maximum absolute atomic E-state index is 13.1. The Hall–Kier alpha value is -2.36. The fraction of sp³-hybridized carbons (Fsp3) is 0.556. The van der Waals surface area contributed by atoms with E-state index in [0.717, 1.165) is 54.2 Å². The van der Waals surface area contributed by atoms with Crippen molar-refractivity contribution in [2.24, 2.45) is 29.1 Å². The number of benzene rings is 1. The molecular formula is C27H33N3O.